The average molecular weight is 379 g/mol. The van der Waals surface area contributed by atoms with E-state index in [1.54, 1.807) is 6.07 Å². The van der Waals surface area contributed by atoms with Crippen LogP contribution >= 0.6 is 15.9 Å². The van der Waals surface area contributed by atoms with Crippen LogP contribution in [0.1, 0.15) is 12.8 Å². The Bertz CT molecular complexity index is 600. The number of methoxy groups -OCH3 is 2. The van der Waals surface area contributed by atoms with Crippen molar-refractivity contribution >= 4 is 26.0 Å². The first kappa shape index (κ1) is 16.5. The van der Waals surface area contributed by atoms with Crippen molar-refractivity contribution in [2.24, 2.45) is 0 Å². The molecule has 1 fully saturated rings. The van der Waals surface area contributed by atoms with Gasteiger partial charge in [-0.05, 0) is 41.4 Å². The zero-order valence-electron chi connectivity index (χ0n) is 12.0. The zero-order chi connectivity index (χ0) is 15.5. The summed E-state index contributed by atoms with van der Waals surface area (Å²) in [6, 6.07) is 2.95. The molecule has 0 radical (unpaired) electrons. The maximum absolute atomic E-state index is 12.6. The van der Waals surface area contributed by atoms with E-state index in [-0.39, 0.29) is 16.7 Å². The van der Waals surface area contributed by atoms with Gasteiger partial charge in [-0.2, -0.15) is 0 Å². The molecule has 0 spiro atoms. The maximum atomic E-state index is 12.6. The van der Waals surface area contributed by atoms with E-state index in [2.05, 4.69) is 26.0 Å². The molecule has 2 N–H and O–H groups in total. The van der Waals surface area contributed by atoms with Crippen molar-refractivity contribution in [3.63, 3.8) is 0 Å². The third kappa shape index (κ3) is 3.88. The number of benzene rings is 1. The fraction of sp³-hybridized carbons (Fsp3) is 0.538. The molecule has 1 aliphatic rings. The number of halogens is 1. The molecule has 118 valence electrons. The highest BCUT2D eigenvalue weighted by molar-refractivity contribution is 9.10. The van der Waals surface area contributed by atoms with E-state index in [0.29, 0.717) is 16.8 Å². The summed E-state index contributed by atoms with van der Waals surface area (Å²) in [5.74, 6) is 0.774. The highest BCUT2D eigenvalue weighted by atomic mass is 79.9. The molecule has 6 nitrogen and oxygen atoms in total. The maximum Gasteiger partial charge on any atom is 0.244 e. The first-order valence-electron chi connectivity index (χ1n) is 6.62. The molecule has 21 heavy (non-hydrogen) atoms. The molecule has 1 heterocycles. The van der Waals surface area contributed by atoms with Gasteiger partial charge in [0.1, 0.15) is 16.4 Å². The van der Waals surface area contributed by atoms with Crippen LogP contribution in [0.3, 0.4) is 0 Å². The highest BCUT2D eigenvalue weighted by Gasteiger charge is 2.26. The Hall–Kier alpha value is -0.830. The van der Waals surface area contributed by atoms with E-state index in [1.165, 1.54) is 20.3 Å². The van der Waals surface area contributed by atoms with Gasteiger partial charge in [-0.25, -0.2) is 13.1 Å². The number of rotatable bonds is 5. The van der Waals surface area contributed by atoms with Gasteiger partial charge in [0.25, 0.3) is 0 Å². The van der Waals surface area contributed by atoms with E-state index in [9.17, 15) is 8.42 Å². The quantitative estimate of drug-likeness (QED) is 0.811. The van der Waals surface area contributed by atoms with Crippen molar-refractivity contribution < 1.29 is 17.9 Å². The molecule has 0 aromatic heterocycles. The smallest absolute Gasteiger partial charge is 0.244 e. The van der Waals surface area contributed by atoms with E-state index in [0.717, 1.165) is 19.4 Å². The van der Waals surface area contributed by atoms with Crippen molar-refractivity contribution in [1.82, 2.24) is 10.0 Å². The number of sulfonamides is 1. The van der Waals surface area contributed by atoms with Gasteiger partial charge < -0.3 is 14.8 Å². The SMILES string of the molecule is COc1cc(OC)c(S(=O)(=O)NC2CCCNC2)cc1Br. The molecule has 1 atom stereocenters. The van der Waals surface area contributed by atoms with Gasteiger partial charge in [-0.15, -0.1) is 0 Å². The third-order valence-corrected chi connectivity index (χ3v) is 5.51. The molecule has 1 saturated heterocycles. The van der Waals surface area contributed by atoms with Crippen molar-refractivity contribution in [2.45, 2.75) is 23.8 Å². The molecule has 0 aliphatic carbocycles. The molecule has 0 amide bonds. The second-order valence-electron chi connectivity index (χ2n) is 4.80. The van der Waals surface area contributed by atoms with Crippen molar-refractivity contribution in [2.75, 3.05) is 27.3 Å². The predicted molar refractivity (Wildman–Crippen MR) is 83.5 cm³/mol. The van der Waals surface area contributed by atoms with Crippen LogP contribution in [0.5, 0.6) is 11.5 Å². The van der Waals surface area contributed by atoms with Crippen LogP contribution in [0.4, 0.5) is 0 Å². The van der Waals surface area contributed by atoms with E-state index < -0.39 is 10.0 Å². The minimum atomic E-state index is -3.65. The van der Waals surface area contributed by atoms with Crippen LogP contribution in [0.25, 0.3) is 0 Å². The lowest BCUT2D eigenvalue weighted by atomic mass is 10.1. The van der Waals surface area contributed by atoms with Gasteiger partial charge in [-0.3, -0.25) is 0 Å². The van der Waals surface area contributed by atoms with E-state index in [1.807, 2.05) is 0 Å². The van der Waals surface area contributed by atoms with Crippen LogP contribution in [0.2, 0.25) is 0 Å². The third-order valence-electron chi connectivity index (χ3n) is 3.35. The molecule has 1 aromatic rings. The van der Waals surface area contributed by atoms with Crippen LogP contribution in [-0.2, 0) is 10.0 Å². The van der Waals surface area contributed by atoms with Gasteiger partial charge in [0, 0.05) is 18.7 Å². The molecule has 2 rings (SSSR count). The Labute approximate surface area is 133 Å². The number of hydrogen-bond donors (Lipinski definition) is 2. The molecule has 1 aliphatic heterocycles. The Balaban J connectivity index is 2.32. The second-order valence-corrected chi connectivity index (χ2v) is 7.34. The molecule has 0 saturated carbocycles. The Morgan fingerprint density at radius 3 is 2.57 bits per heavy atom. The monoisotopic (exact) mass is 378 g/mol. The summed E-state index contributed by atoms with van der Waals surface area (Å²) in [6.07, 6.45) is 1.78. The van der Waals surface area contributed by atoms with Gasteiger partial charge in [-0.1, -0.05) is 0 Å². The van der Waals surface area contributed by atoms with Crippen LogP contribution in [0.15, 0.2) is 21.5 Å². The lowest BCUT2D eigenvalue weighted by molar-refractivity contribution is 0.383. The minimum absolute atomic E-state index is 0.100. The van der Waals surface area contributed by atoms with Gasteiger partial charge in [0.2, 0.25) is 10.0 Å². The Kier molecular flexibility index (Phi) is 5.48. The second kappa shape index (κ2) is 6.95. The first-order chi connectivity index (χ1) is 9.97. The highest BCUT2D eigenvalue weighted by Crippen LogP contribution is 2.35. The zero-order valence-corrected chi connectivity index (χ0v) is 14.4. The van der Waals surface area contributed by atoms with Gasteiger partial charge >= 0.3 is 0 Å². The summed E-state index contributed by atoms with van der Waals surface area (Å²) in [5.41, 5.74) is 0. The summed E-state index contributed by atoms with van der Waals surface area (Å²) in [6.45, 7) is 1.56. The average Bonchev–Trinajstić information content (AvgIpc) is 2.47. The first-order valence-corrected chi connectivity index (χ1v) is 8.90. The molecular formula is C13H19BrN2O4S. The standard InChI is InChI=1S/C13H19BrN2O4S/c1-19-11-7-12(20-2)13(6-10(11)14)21(17,18)16-9-4-3-5-15-8-9/h6-7,9,15-16H,3-5,8H2,1-2H3. The van der Waals surface area contributed by atoms with E-state index in [4.69, 9.17) is 9.47 Å². The summed E-state index contributed by atoms with van der Waals surface area (Å²) in [5, 5.41) is 3.18. The summed E-state index contributed by atoms with van der Waals surface area (Å²) >= 11 is 3.30. The molecule has 0 bridgehead atoms. The Morgan fingerprint density at radius 1 is 1.29 bits per heavy atom. The molecule has 1 unspecified atom stereocenters. The number of ether oxygens (including phenoxy) is 2. The lowest BCUT2D eigenvalue weighted by Gasteiger charge is -2.24. The summed E-state index contributed by atoms with van der Waals surface area (Å²) in [4.78, 5) is 0.100. The van der Waals surface area contributed by atoms with Crippen molar-refractivity contribution in [3.05, 3.63) is 16.6 Å². The van der Waals surface area contributed by atoms with Crippen LogP contribution in [0, 0.1) is 0 Å². The number of piperidine rings is 1. The van der Waals surface area contributed by atoms with E-state index >= 15 is 0 Å². The normalized spacial score (nSPS) is 19.3. The summed E-state index contributed by atoms with van der Waals surface area (Å²) in [7, 11) is -0.703. The van der Waals surface area contributed by atoms with Crippen molar-refractivity contribution in [3.8, 4) is 11.5 Å². The molecule has 8 heteroatoms. The lowest BCUT2D eigenvalue weighted by Crippen LogP contribution is -2.45. The minimum Gasteiger partial charge on any atom is -0.495 e. The largest absolute Gasteiger partial charge is 0.495 e. The molecular weight excluding hydrogens is 360 g/mol. The van der Waals surface area contributed by atoms with Crippen LogP contribution < -0.4 is 19.5 Å². The predicted octanol–water partition coefficient (Wildman–Crippen LogP) is 1.50. The number of hydrogen-bond acceptors (Lipinski definition) is 5. The number of nitrogens with one attached hydrogen (secondary N) is 2. The van der Waals surface area contributed by atoms with Gasteiger partial charge in [0.15, 0.2) is 0 Å². The van der Waals surface area contributed by atoms with Crippen molar-refractivity contribution in [1.29, 1.82) is 0 Å². The summed E-state index contributed by atoms with van der Waals surface area (Å²) < 4.78 is 38.7. The van der Waals surface area contributed by atoms with Crippen LogP contribution in [-0.4, -0.2) is 41.8 Å². The fourth-order valence-electron chi connectivity index (χ4n) is 2.28. The fourth-order valence-corrected chi connectivity index (χ4v) is 4.38. The van der Waals surface area contributed by atoms with Gasteiger partial charge in [0.05, 0.1) is 18.7 Å². The topological polar surface area (TPSA) is 76.7 Å². The Morgan fingerprint density at radius 2 is 2.00 bits per heavy atom. The molecule has 1 aromatic carbocycles.